The summed E-state index contributed by atoms with van der Waals surface area (Å²) >= 11 is 0. The Balaban J connectivity index is 0.00000280. The first-order chi connectivity index (χ1) is 12.9. The molecule has 0 aliphatic heterocycles. The zero-order valence-electron chi connectivity index (χ0n) is 14.5. The van der Waals surface area contributed by atoms with Crippen LogP contribution in [0.3, 0.4) is 0 Å². The monoisotopic (exact) mass is 405 g/mol. The van der Waals surface area contributed by atoms with Crippen LogP contribution in [0.25, 0.3) is 11.0 Å². The first-order valence-corrected chi connectivity index (χ1v) is 8.07. The van der Waals surface area contributed by atoms with Crippen LogP contribution in [0.5, 0.6) is 0 Å². The number of aromatic amines is 1. The lowest BCUT2D eigenvalue weighted by Crippen LogP contribution is -2.07. The van der Waals surface area contributed by atoms with Gasteiger partial charge in [0.05, 0.1) is 33.7 Å². The van der Waals surface area contributed by atoms with Crippen molar-refractivity contribution in [1.82, 2.24) is 9.97 Å². The molecule has 9 nitrogen and oxygen atoms in total. The standard InChI is InChI=1S/C18H15N3O6.ClH/c22-17(23)12-5-8-14-15(10-12)20-16(19-14)2-1-9-27-18(24)11-3-6-13(7-4-11)21(25)26;/h3-8,10H,1-2,9H2,(H,19,20)(H,22,23);1H. The smallest absolute Gasteiger partial charge is 0.338 e. The summed E-state index contributed by atoms with van der Waals surface area (Å²) in [6, 6.07) is 9.82. The maximum Gasteiger partial charge on any atom is 0.338 e. The highest BCUT2D eigenvalue weighted by molar-refractivity contribution is 5.92. The second-order valence-electron chi connectivity index (χ2n) is 5.76. The number of nitro groups is 1. The van der Waals surface area contributed by atoms with E-state index in [4.69, 9.17) is 9.84 Å². The predicted molar refractivity (Wildman–Crippen MR) is 102 cm³/mol. The molecular weight excluding hydrogens is 390 g/mol. The Kier molecular flexibility index (Phi) is 6.67. The van der Waals surface area contributed by atoms with E-state index in [1.807, 2.05) is 0 Å². The Labute approximate surface area is 164 Å². The van der Waals surface area contributed by atoms with Crippen molar-refractivity contribution in [2.45, 2.75) is 12.8 Å². The number of carbonyl (C=O) groups excluding carboxylic acids is 1. The molecule has 1 heterocycles. The highest BCUT2D eigenvalue weighted by atomic mass is 35.5. The van der Waals surface area contributed by atoms with Crippen LogP contribution < -0.4 is 0 Å². The van der Waals surface area contributed by atoms with Crippen molar-refractivity contribution in [1.29, 1.82) is 0 Å². The van der Waals surface area contributed by atoms with Gasteiger partial charge in [-0.05, 0) is 36.8 Å². The van der Waals surface area contributed by atoms with Gasteiger partial charge in [-0.15, -0.1) is 12.4 Å². The molecule has 146 valence electrons. The van der Waals surface area contributed by atoms with Crippen LogP contribution in [0, 0.1) is 10.1 Å². The van der Waals surface area contributed by atoms with Gasteiger partial charge in [0.2, 0.25) is 0 Å². The molecule has 0 saturated heterocycles. The zero-order valence-corrected chi connectivity index (χ0v) is 15.3. The lowest BCUT2D eigenvalue weighted by molar-refractivity contribution is -0.384. The molecule has 0 aliphatic rings. The van der Waals surface area contributed by atoms with Crippen molar-refractivity contribution in [3.8, 4) is 0 Å². The number of nitrogens with zero attached hydrogens (tertiary/aromatic N) is 2. The number of non-ortho nitro benzene ring substituents is 1. The number of H-pyrrole nitrogens is 1. The van der Waals surface area contributed by atoms with Crippen molar-refractivity contribution >= 4 is 41.1 Å². The first-order valence-electron chi connectivity index (χ1n) is 8.07. The molecule has 10 heteroatoms. The van der Waals surface area contributed by atoms with Crippen LogP contribution in [0.15, 0.2) is 42.5 Å². The number of esters is 1. The number of ether oxygens (including phenoxy) is 1. The minimum Gasteiger partial charge on any atom is -0.478 e. The molecule has 0 fully saturated rings. The molecule has 3 aromatic rings. The molecule has 0 atom stereocenters. The van der Waals surface area contributed by atoms with E-state index in [0.29, 0.717) is 29.7 Å². The second-order valence-corrected chi connectivity index (χ2v) is 5.76. The number of aromatic nitrogens is 2. The highest BCUT2D eigenvalue weighted by Gasteiger charge is 2.11. The molecule has 1 aromatic heterocycles. The lowest BCUT2D eigenvalue weighted by Gasteiger charge is -2.04. The third kappa shape index (κ3) is 4.83. The van der Waals surface area contributed by atoms with Crippen LogP contribution in [0.2, 0.25) is 0 Å². The number of nitro benzene ring substituents is 1. The summed E-state index contributed by atoms with van der Waals surface area (Å²) in [6.45, 7) is 0.160. The number of benzene rings is 2. The maximum absolute atomic E-state index is 11.9. The zero-order chi connectivity index (χ0) is 19.4. The molecule has 28 heavy (non-hydrogen) atoms. The summed E-state index contributed by atoms with van der Waals surface area (Å²) in [4.78, 5) is 40.4. The summed E-state index contributed by atoms with van der Waals surface area (Å²) < 4.78 is 5.15. The Morgan fingerprint density at radius 2 is 1.82 bits per heavy atom. The molecule has 0 aliphatic carbocycles. The molecule has 0 radical (unpaired) electrons. The van der Waals surface area contributed by atoms with Crippen molar-refractivity contribution < 1.29 is 24.4 Å². The van der Waals surface area contributed by atoms with Gasteiger partial charge in [-0.2, -0.15) is 0 Å². The molecule has 0 unspecified atom stereocenters. The molecule has 2 N–H and O–H groups in total. The molecule has 0 spiro atoms. The van der Waals surface area contributed by atoms with E-state index < -0.39 is 16.9 Å². The van der Waals surface area contributed by atoms with E-state index in [-0.39, 0.29) is 35.8 Å². The Morgan fingerprint density at radius 1 is 1.14 bits per heavy atom. The maximum atomic E-state index is 11.9. The van der Waals surface area contributed by atoms with Crippen LogP contribution in [-0.4, -0.2) is 38.5 Å². The van der Waals surface area contributed by atoms with Gasteiger partial charge in [0, 0.05) is 18.6 Å². The summed E-state index contributed by atoms with van der Waals surface area (Å²) in [6.07, 6.45) is 1.04. The van der Waals surface area contributed by atoms with E-state index in [1.165, 1.54) is 36.4 Å². The number of imidazole rings is 1. The molecule has 0 bridgehead atoms. The number of nitrogens with one attached hydrogen (secondary N) is 1. The minimum atomic E-state index is -1.01. The Hall–Kier alpha value is -3.46. The number of rotatable bonds is 7. The van der Waals surface area contributed by atoms with Crippen LogP contribution >= 0.6 is 12.4 Å². The van der Waals surface area contributed by atoms with Gasteiger partial charge in [0.25, 0.3) is 5.69 Å². The lowest BCUT2D eigenvalue weighted by atomic mass is 10.2. The Morgan fingerprint density at radius 3 is 2.46 bits per heavy atom. The highest BCUT2D eigenvalue weighted by Crippen LogP contribution is 2.15. The van der Waals surface area contributed by atoms with Gasteiger partial charge < -0.3 is 14.8 Å². The van der Waals surface area contributed by atoms with Gasteiger partial charge in [-0.1, -0.05) is 0 Å². The summed E-state index contributed by atoms with van der Waals surface area (Å²) in [7, 11) is 0. The van der Waals surface area contributed by atoms with Crippen LogP contribution in [-0.2, 0) is 11.2 Å². The Bertz CT molecular complexity index is 1020. The number of aryl methyl sites for hydroxylation is 1. The average molecular weight is 406 g/mol. The molecule has 3 rings (SSSR count). The molecule has 2 aromatic carbocycles. The van der Waals surface area contributed by atoms with Gasteiger partial charge in [-0.3, -0.25) is 10.1 Å². The number of carboxylic acid groups (broad SMARTS) is 1. The van der Waals surface area contributed by atoms with Crippen LogP contribution in [0.1, 0.15) is 33.0 Å². The topological polar surface area (TPSA) is 135 Å². The number of halogens is 1. The van der Waals surface area contributed by atoms with Gasteiger partial charge >= 0.3 is 11.9 Å². The van der Waals surface area contributed by atoms with Crippen molar-refractivity contribution in [2.75, 3.05) is 6.61 Å². The fourth-order valence-electron chi connectivity index (χ4n) is 2.52. The fourth-order valence-corrected chi connectivity index (χ4v) is 2.52. The molecule has 0 amide bonds. The largest absolute Gasteiger partial charge is 0.478 e. The summed E-state index contributed by atoms with van der Waals surface area (Å²) in [5.41, 5.74) is 1.62. The molecular formula is C18H16ClN3O6. The number of fused-ring (bicyclic) bond motifs is 1. The fraction of sp³-hybridized carbons (Fsp3) is 0.167. The molecule has 0 saturated carbocycles. The minimum absolute atomic E-state index is 0. The van der Waals surface area contributed by atoms with E-state index in [0.717, 1.165) is 0 Å². The number of hydrogen-bond acceptors (Lipinski definition) is 6. The van der Waals surface area contributed by atoms with E-state index in [2.05, 4.69) is 9.97 Å². The van der Waals surface area contributed by atoms with Gasteiger partial charge in [0.1, 0.15) is 5.82 Å². The number of carboxylic acids is 1. The number of aromatic carboxylic acids is 1. The summed E-state index contributed by atoms with van der Waals surface area (Å²) in [5, 5.41) is 19.6. The van der Waals surface area contributed by atoms with Crippen molar-refractivity contribution in [3.05, 3.63) is 69.5 Å². The van der Waals surface area contributed by atoms with E-state index >= 15 is 0 Å². The first kappa shape index (κ1) is 20.8. The van der Waals surface area contributed by atoms with E-state index in [9.17, 15) is 19.7 Å². The average Bonchev–Trinajstić information content (AvgIpc) is 3.07. The second kappa shape index (κ2) is 8.96. The van der Waals surface area contributed by atoms with Gasteiger partial charge in [0.15, 0.2) is 0 Å². The third-order valence-corrected chi connectivity index (χ3v) is 3.88. The van der Waals surface area contributed by atoms with Crippen molar-refractivity contribution in [3.63, 3.8) is 0 Å². The summed E-state index contributed by atoms with van der Waals surface area (Å²) in [5.74, 6) is -0.897. The quantitative estimate of drug-likeness (QED) is 0.266. The van der Waals surface area contributed by atoms with E-state index in [1.54, 1.807) is 6.07 Å². The SMILES string of the molecule is Cl.O=C(O)c1ccc2nc(CCCOC(=O)c3ccc([N+](=O)[O-])cc3)[nH]c2c1. The normalized spacial score (nSPS) is 10.3. The van der Waals surface area contributed by atoms with Gasteiger partial charge in [-0.25, -0.2) is 14.6 Å². The van der Waals surface area contributed by atoms with Crippen LogP contribution in [0.4, 0.5) is 5.69 Å². The number of hydrogen-bond donors (Lipinski definition) is 2. The van der Waals surface area contributed by atoms with Crippen molar-refractivity contribution in [2.24, 2.45) is 0 Å². The third-order valence-electron chi connectivity index (χ3n) is 3.88. The predicted octanol–water partition coefficient (Wildman–Crippen LogP) is 3.38. The number of carbonyl (C=O) groups is 2.